The SMILES string of the molecule is O=C(c1csc(CSc2nnc(-c3ccccc3Cl)n2-c2cccc(Cl)c2)n1)N1CCN(CC=Cc2ccccc2)CC1. The topological polar surface area (TPSA) is 67.2 Å². The van der Waals surface area contributed by atoms with E-state index in [1.807, 2.05) is 81.6 Å². The van der Waals surface area contributed by atoms with Crippen LogP contribution in [0.3, 0.4) is 0 Å². The number of rotatable bonds is 9. The Balaban J connectivity index is 1.09. The number of piperazine rings is 1. The lowest BCUT2D eigenvalue weighted by atomic mass is 10.2. The Morgan fingerprint density at radius 3 is 2.51 bits per heavy atom. The Morgan fingerprint density at radius 1 is 0.930 bits per heavy atom. The molecule has 0 saturated carbocycles. The summed E-state index contributed by atoms with van der Waals surface area (Å²) < 4.78 is 1.95. The summed E-state index contributed by atoms with van der Waals surface area (Å²) >= 11 is 15.8. The highest BCUT2D eigenvalue weighted by Crippen LogP contribution is 2.34. The van der Waals surface area contributed by atoms with Gasteiger partial charge in [0.15, 0.2) is 11.0 Å². The van der Waals surface area contributed by atoms with Crippen molar-refractivity contribution in [1.29, 1.82) is 0 Å². The highest BCUT2D eigenvalue weighted by atomic mass is 35.5. The molecule has 6 rings (SSSR count). The first-order valence-corrected chi connectivity index (χ1v) is 16.4. The van der Waals surface area contributed by atoms with E-state index in [1.165, 1.54) is 28.7 Å². The van der Waals surface area contributed by atoms with Crippen molar-refractivity contribution in [3.05, 3.63) is 117 Å². The first kappa shape index (κ1) is 29.6. The van der Waals surface area contributed by atoms with Gasteiger partial charge in [0.2, 0.25) is 0 Å². The molecule has 2 aromatic heterocycles. The molecule has 0 spiro atoms. The second-order valence-corrected chi connectivity index (χ2v) is 12.7. The van der Waals surface area contributed by atoms with E-state index in [0.717, 1.165) is 35.9 Å². The Labute approximate surface area is 268 Å². The minimum absolute atomic E-state index is 0.0184. The summed E-state index contributed by atoms with van der Waals surface area (Å²) in [7, 11) is 0. The molecule has 3 aromatic carbocycles. The maximum absolute atomic E-state index is 13.2. The summed E-state index contributed by atoms with van der Waals surface area (Å²) in [5.74, 6) is 1.15. The fraction of sp³-hybridized carbons (Fsp3) is 0.188. The first-order valence-electron chi connectivity index (χ1n) is 13.8. The van der Waals surface area contributed by atoms with E-state index >= 15 is 0 Å². The van der Waals surface area contributed by atoms with Crippen molar-refractivity contribution in [3.63, 3.8) is 0 Å². The molecule has 0 bridgehead atoms. The summed E-state index contributed by atoms with van der Waals surface area (Å²) in [6.45, 7) is 3.92. The number of aromatic nitrogens is 4. The summed E-state index contributed by atoms with van der Waals surface area (Å²) in [6, 6.07) is 25.4. The van der Waals surface area contributed by atoms with Crippen molar-refractivity contribution in [2.45, 2.75) is 10.9 Å². The molecule has 5 aromatic rings. The number of benzene rings is 3. The smallest absolute Gasteiger partial charge is 0.273 e. The zero-order chi connectivity index (χ0) is 29.6. The first-order chi connectivity index (χ1) is 21.0. The van der Waals surface area contributed by atoms with Gasteiger partial charge in [-0.3, -0.25) is 14.3 Å². The minimum Gasteiger partial charge on any atom is -0.335 e. The third kappa shape index (κ3) is 7.20. The quantitative estimate of drug-likeness (QED) is 0.155. The van der Waals surface area contributed by atoms with Gasteiger partial charge < -0.3 is 4.90 Å². The van der Waals surface area contributed by atoms with Crippen LogP contribution in [0.5, 0.6) is 0 Å². The molecular weight excluding hydrogens is 619 g/mol. The third-order valence-electron chi connectivity index (χ3n) is 7.04. The Kier molecular flexibility index (Phi) is 9.55. The van der Waals surface area contributed by atoms with Gasteiger partial charge in [0.25, 0.3) is 5.91 Å². The average molecular weight is 648 g/mol. The van der Waals surface area contributed by atoms with Gasteiger partial charge in [-0.25, -0.2) is 4.98 Å². The standard InChI is InChI=1S/C32H28Cl2N6OS2/c33-24-11-6-12-25(20-24)40-30(26-13-4-5-14-27(26)34)36-37-32(40)43-22-29-35-28(21-42-29)31(41)39-18-16-38(17-19-39)15-7-10-23-8-2-1-3-9-23/h1-14,20-21H,15-19,22H2. The normalized spacial score (nSPS) is 14.0. The number of halogens is 2. The van der Waals surface area contributed by atoms with Crippen molar-refractivity contribution in [2.75, 3.05) is 32.7 Å². The Morgan fingerprint density at radius 2 is 1.72 bits per heavy atom. The molecule has 1 fully saturated rings. The summed E-state index contributed by atoms with van der Waals surface area (Å²) in [4.78, 5) is 22.2. The number of hydrogen-bond donors (Lipinski definition) is 0. The van der Waals surface area contributed by atoms with Crippen LogP contribution in [0.2, 0.25) is 10.0 Å². The zero-order valence-electron chi connectivity index (χ0n) is 23.1. The van der Waals surface area contributed by atoms with Gasteiger partial charge in [0.1, 0.15) is 10.7 Å². The van der Waals surface area contributed by atoms with Crippen molar-refractivity contribution < 1.29 is 4.79 Å². The molecule has 7 nitrogen and oxygen atoms in total. The number of carbonyl (C=O) groups excluding carboxylic acids is 1. The second kappa shape index (κ2) is 13.9. The van der Waals surface area contributed by atoms with Gasteiger partial charge in [0, 0.05) is 48.7 Å². The Bertz CT molecular complexity index is 1730. The van der Waals surface area contributed by atoms with Gasteiger partial charge in [-0.15, -0.1) is 21.5 Å². The average Bonchev–Trinajstić information content (AvgIpc) is 3.68. The molecule has 0 atom stereocenters. The number of amides is 1. The maximum Gasteiger partial charge on any atom is 0.273 e. The highest BCUT2D eigenvalue weighted by molar-refractivity contribution is 7.98. The van der Waals surface area contributed by atoms with Crippen LogP contribution < -0.4 is 0 Å². The summed E-state index contributed by atoms with van der Waals surface area (Å²) in [5.41, 5.74) is 3.29. The van der Waals surface area contributed by atoms with E-state index in [9.17, 15) is 4.79 Å². The molecule has 43 heavy (non-hydrogen) atoms. The van der Waals surface area contributed by atoms with E-state index in [1.54, 1.807) is 0 Å². The zero-order valence-corrected chi connectivity index (χ0v) is 26.3. The molecule has 0 radical (unpaired) electrons. The summed E-state index contributed by atoms with van der Waals surface area (Å²) in [6.07, 6.45) is 4.32. The predicted molar refractivity (Wildman–Crippen MR) is 176 cm³/mol. The highest BCUT2D eigenvalue weighted by Gasteiger charge is 2.24. The molecule has 0 unspecified atom stereocenters. The van der Waals surface area contributed by atoms with Crippen molar-refractivity contribution in [3.8, 4) is 17.1 Å². The van der Waals surface area contributed by atoms with Crippen LogP contribution in [0.1, 0.15) is 21.1 Å². The van der Waals surface area contributed by atoms with Gasteiger partial charge in [0.05, 0.1) is 16.5 Å². The van der Waals surface area contributed by atoms with Crippen LogP contribution in [-0.4, -0.2) is 68.2 Å². The van der Waals surface area contributed by atoms with Gasteiger partial charge in [-0.05, 0) is 35.9 Å². The van der Waals surface area contributed by atoms with Crippen molar-refractivity contribution in [2.24, 2.45) is 0 Å². The number of carbonyl (C=O) groups is 1. The lowest BCUT2D eigenvalue weighted by Crippen LogP contribution is -2.48. The van der Waals surface area contributed by atoms with Crippen molar-refractivity contribution >= 4 is 58.3 Å². The van der Waals surface area contributed by atoms with Crippen LogP contribution in [0.4, 0.5) is 0 Å². The van der Waals surface area contributed by atoms with E-state index < -0.39 is 0 Å². The molecular formula is C32H28Cl2N6OS2. The molecule has 1 amide bonds. The van der Waals surface area contributed by atoms with Crippen LogP contribution in [0.25, 0.3) is 23.2 Å². The molecule has 3 heterocycles. The van der Waals surface area contributed by atoms with E-state index in [4.69, 9.17) is 23.2 Å². The van der Waals surface area contributed by atoms with Crippen LogP contribution in [0, 0.1) is 0 Å². The van der Waals surface area contributed by atoms with E-state index in [-0.39, 0.29) is 5.91 Å². The van der Waals surface area contributed by atoms with Crippen LogP contribution >= 0.6 is 46.3 Å². The molecule has 1 saturated heterocycles. The molecule has 11 heteroatoms. The summed E-state index contributed by atoms with van der Waals surface area (Å²) in [5, 5.41) is 13.5. The Hall–Kier alpha value is -3.47. The monoisotopic (exact) mass is 646 g/mol. The third-order valence-corrected chi connectivity index (χ3v) is 9.58. The lowest BCUT2D eigenvalue weighted by Gasteiger charge is -2.33. The largest absolute Gasteiger partial charge is 0.335 e. The van der Waals surface area contributed by atoms with Gasteiger partial charge in [-0.1, -0.05) is 95.6 Å². The predicted octanol–water partition coefficient (Wildman–Crippen LogP) is 7.46. The lowest BCUT2D eigenvalue weighted by molar-refractivity contribution is 0.0645. The van der Waals surface area contributed by atoms with Crippen LogP contribution in [-0.2, 0) is 5.75 Å². The number of hydrogen-bond acceptors (Lipinski definition) is 7. The fourth-order valence-electron chi connectivity index (χ4n) is 4.83. The molecule has 1 aliphatic heterocycles. The molecule has 0 aliphatic carbocycles. The van der Waals surface area contributed by atoms with Gasteiger partial charge in [-0.2, -0.15) is 0 Å². The number of nitrogens with zero attached hydrogens (tertiary/aromatic N) is 6. The minimum atomic E-state index is -0.0184. The van der Waals surface area contributed by atoms with E-state index in [0.29, 0.717) is 45.6 Å². The number of thiazole rings is 1. The second-order valence-electron chi connectivity index (χ2n) is 9.92. The molecule has 1 aliphatic rings. The molecule has 218 valence electrons. The van der Waals surface area contributed by atoms with Crippen molar-refractivity contribution in [1.82, 2.24) is 29.5 Å². The fourth-order valence-corrected chi connectivity index (χ4v) is 6.97. The van der Waals surface area contributed by atoms with E-state index in [2.05, 4.69) is 44.4 Å². The molecule has 0 N–H and O–H groups in total. The van der Waals surface area contributed by atoms with Crippen LogP contribution in [0.15, 0.2) is 95.5 Å². The van der Waals surface area contributed by atoms with Gasteiger partial charge >= 0.3 is 0 Å². The maximum atomic E-state index is 13.2. The number of thioether (sulfide) groups is 1.